The van der Waals surface area contributed by atoms with Crippen LogP contribution < -0.4 is 5.32 Å². The first kappa shape index (κ1) is 14.1. The largest absolute Gasteiger partial charge is 0.310 e. The van der Waals surface area contributed by atoms with Crippen molar-refractivity contribution in [3.63, 3.8) is 0 Å². The van der Waals surface area contributed by atoms with Crippen LogP contribution in [0.5, 0.6) is 0 Å². The van der Waals surface area contributed by atoms with E-state index in [-0.39, 0.29) is 0 Å². The van der Waals surface area contributed by atoms with Crippen molar-refractivity contribution in [1.82, 2.24) is 10.3 Å². The summed E-state index contributed by atoms with van der Waals surface area (Å²) in [5, 5.41) is 3.72. The third kappa shape index (κ3) is 3.06. The van der Waals surface area contributed by atoms with Crippen molar-refractivity contribution in [1.29, 1.82) is 0 Å². The molecule has 110 valence electrons. The molecule has 2 aliphatic rings. The van der Waals surface area contributed by atoms with E-state index in [1.807, 2.05) is 6.20 Å². The van der Waals surface area contributed by atoms with E-state index in [0.717, 1.165) is 24.3 Å². The maximum atomic E-state index is 4.32. The van der Waals surface area contributed by atoms with Crippen molar-refractivity contribution in [2.75, 3.05) is 6.54 Å². The Hall–Kier alpha value is -0.890. The van der Waals surface area contributed by atoms with Crippen molar-refractivity contribution < 1.29 is 0 Å². The van der Waals surface area contributed by atoms with Crippen LogP contribution in [0.3, 0.4) is 0 Å². The molecule has 0 spiro atoms. The lowest BCUT2D eigenvalue weighted by Gasteiger charge is -2.42. The minimum absolute atomic E-state index is 0.511. The van der Waals surface area contributed by atoms with Crippen LogP contribution in [-0.2, 0) is 0 Å². The molecule has 0 aliphatic heterocycles. The van der Waals surface area contributed by atoms with Crippen LogP contribution in [-0.4, -0.2) is 11.5 Å². The summed E-state index contributed by atoms with van der Waals surface area (Å²) < 4.78 is 0. The van der Waals surface area contributed by atoms with Gasteiger partial charge < -0.3 is 5.32 Å². The highest BCUT2D eigenvalue weighted by molar-refractivity contribution is 5.15. The van der Waals surface area contributed by atoms with Crippen LogP contribution in [0.25, 0.3) is 0 Å². The van der Waals surface area contributed by atoms with E-state index < -0.39 is 0 Å². The van der Waals surface area contributed by atoms with Gasteiger partial charge in [-0.2, -0.15) is 0 Å². The molecule has 4 atom stereocenters. The van der Waals surface area contributed by atoms with Gasteiger partial charge in [0.05, 0.1) is 0 Å². The first-order valence-corrected chi connectivity index (χ1v) is 8.51. The van der Waals surface area contributed by atoms with Crippen LogP contribution in [0.15, 0.2) is 24.5 Å². The third-order valence-corrected chi connectivity index (χ3v) is 5.52. The molecule has 1 aromatic rings. The molecule has 1 heterocycles. The first-order chi connectivity index (χ1) is 9.88. The second-order valence-electron chi connectivity index (χ2n) is 6.70. The number of hydrogen-bond acceptors (Lipinski definition) is 2. The van der Waals surface area contributed by atoms with Gasteiger partial charge in [-0.1, -0.05) is 38.7 Å². The van der Waals surface area contributed by atoms with Crippen LogP contribution in [0, 0.1) is 17.8 Å². The Bertz CT molecular complexity index is 403. The van der Waals surface area contributed by atoms with E-state index in [1.54, 1.807) is 0 Å². The molecule has 2 aliphatic carbocycles. The zero-order valence-electron chi connectivity index (χ0n) is 12.7. The third-order valence-electron chi connectivity index (χ3n) is 5.52. The van der Waals surface area contributed by atoms with E-state index in [2.05, 4.69) is 35.6 Å². The summed E-state index contributed by atoms with van der Waals surface area (Å²) in [6.45, 7) is 3.26. The van der Waals surface area contributed by atoms with Crippen LogP contribution in [0.2, 0.25) is 0 Å². The summed E-state index contributed by atoms with van der Waals surface area (Å²) in [7, 11) is 0. The SMILES string of the molecule is CCNC(c1cccnc1)C1CCC2CCCCC2C1. The van der Waals surface area contributed by atoms with E-state index in [9.17, 15) is 0 Å². The van der Waals surface area contributed by atoms with Gasteiger partial charge in [0, 0.05) is 18.4 Å². The molecular weight excluding hydrogens is 244 g/mol. The number of aromatic nitrogens is 1. The van der Waals surface area contributed by atoms with Crippen LogP contribution in [0.4, 0.5) is 0 Å². The molecule has 3 rings (SSSR count). The van der Waals surface area contributed by atoms with Crippen LogP contribution >= 0.6 is 0 Å². The predicted molar refractivity (Wildman–Crippen MR) is 83.4 cm³/mol. The quantitative estimate of drug-likeness (QED) is 0.882. The number of rotatable bonds is 4. The number of pyridine rings is 1. The average molecular weight is 272 g/mol. The second kappa shape index (κ2) is 6.71. The molecule has 1 N–H and O–H groups in total. The van der Waals surface area contributed by atoms with Crippen LogP contribution in [0.1, 0.15) is 63.5 Å². The number of fused-ring (bicyclic) bond motifs is 1. The van der Waals surface area contributed by atoms with Gasteiger partial charge in [0.2, 0.25) is 0 Å². The Morgan fingerprint density at radius 2 is 2.05 bits per heavy atom. The van der Waals surface area contributed by atoms with Gasteiger partial charge in [-0.25, -0.2) is 0 Å². The molecule has 2 heteroatoms. The Morgan fingerprint density at radius 3 is 2.80 bits per heavy atom. The Balaban J connectivity index is 1.72. The van der Waals surface area contributed by atoms with Crippen molar-refractivity contribution >= 4 is 0 Å². The molecule has 0 aromatic carbocycles. The lowest BCUT2D eigenvalue weighted by Crippen LogP contribution is -2.35. The molecule has 0 amide bonds. The average Bonchev–Trinajstić information content (AvgIpc) is 2.53. The zero-order valence-corrected chi connectivity index (χ0v) is 12.7. The van der Waals surface area contributed by atoms with Gasteiger partial charge in [0.1, 0.15) is 0 Å². The lowest BCUT2D eigenvalue weighted by atomic mass is 9.65. The highest BCUT2D eigenvalue weighted by Crippen LogP contribution is 2.46. The smallest absolute Gasteiger partial charge is 0.0363 e. The van der Waals surface area contributed by atoms with Crippen molar-refractivity contribution in [3.05, 3.63) is 30.1 Å². The fourth-order valence-corrected chi connectivity index (χ4v) is 4.55. The minimum atomic E-state index is 0.511. The lowest BCUT2D eigenvalue weighted by molar-refractivity contribution is 0.109. The number of nitrogens with zero attached hydrogens (tertiary/aromatic N) is 1. The first-order valence-electron chi connectivity index (χ1n) is 8.51. The van der Waals surface area contributed by atoms with Crippen molar-refractivity contribution in [2.24, 2.45) is 17.8 Å². The fraction of sp³-hybridized carbons (Fsp3) is 0.722. The summed E-state index contributed by atoms with van der Waals surface area (Å²) in [5.74, 6) is 2.84. The number of nitrogens with one attached hydrogen (secondary N) is 1. The summed E-state index contributed by atoms with van der Waals surface area (Å²) in [5.41, 5.74) is 1.38. The molecule has 4 unspecified atom stereocenters. The van der Waals surface area contributed by atoms with E-state index in [0.29, 0.717) is 6.04 Å². The van der Waals surface area contributed by atoms with Gasteiger partial charge >= 0.3 is 0 Å². The van der Waals surface area contributed by atoms with Crippen molar-refractivity contribution in [2.45, 2.75) is 57.9 Å². The van der Waals surface area contributed by atoms with Gasteiger partial charge in [-0.3, -0.25) is 4.98 Å². The second-order valence-corrected chi connectivity index (χ2v) is 6.70. The predicted octanol–water partition coefficient (Wildman–Crippen LogP) is 4.34. The standard InChI is InChI=1S/C18H28N2/c1-2-20-18(17-8-5-11-19-13-17)16-10-9-14-6-3-4-7-15(14)12-16/h5,8,11,13-16,18,20H,2-4,6-7,9-10,12H2,1H3. The molecule has 20 heavy (non-hydrogen) atoms. The molecule has 2 fully saturated rings. The number of hydrogen-bond donors (Lipinski definition) is 1. The highest BCUT2D eigenvalue weighted by atomic mass is 14.9. The Kier molecular flexibility index (Phi) is 4.72. The maximum absolute atomic E-state index is 4.32. The minimum Gasteiger partial charge on any atom is -0.310 e. The molecule has 1 aromatic heterocycles. The normalized spacial score (nSPS) is 31.6. The zero-order chi connectivity index (χ0) is 13.8. The Morgan fingerprint density at radius 1 is 1.20 bits per heavy atom. The topological polar surface area (TPSA) is 24.9 Å². The maximum Gasteiger partial charge on any atom is 0.0363 e. The summed E-state index contributed by atoms with van der Waals surface area (Å²) in [4.78, 5) is 4.32. The Labute approximate surface area is 123 Å². The summed E-state index contributed by atoms with van der Waals surface area (Å²) >= 11 is 0. The van der Waals surface area contributed by atoms with Gasteiger partial charge in [0.15, 0.2) is 0 Å². The summed E-state index contributed by atoms with van der Waals surface area (Å²) in [6.07, 6.45) is 14.1. The molecular formula is C18H28N2. The molecule has 0 radical (unpaired) electrons. The molecule has 2 nitrogen and oxygen atoms in total. The van der Waals surface area contributed by atoms with Gasteiger partial charge in [-0.15, -0.1) is 0 Å². The molecule has 0 bridgehead atoms. The van der Waals surface area contributed by atoms with Crippen molar-refractivity contribution in [3.8, 4) is 0 Å². The molecule has 0 saturated heterocycles. The molecule has 2 saturated carbocycles. The van der Waals surface area contributed by atoms with E-state index >= 15 is 0 Å². The summed E-state index contributed by atoms with van der Waals surface area (Å²) in [6, 6.07) is 4.83. The highest BCUT2D eigenvalue weighted by Gasteiger charge is 2.35. The van der Waals surface area contributed by atoms with E-state index in [1.165, 1.54) is 50.5 Å². The monoisotopic (exact) mass is 272 g/mol. The fourth-order valence-electron chi connectivity index (χ4n) is 4.55. The van der Waals surface area contributed by atoms with Gasteiger partial charge in [-0.05, 0) is 55.2 Å². The van der Waals surface area contributed by atoms with E-state index in [4.69, 9.17) is 0 Å². The van der Waals surface area contributed by atoms with Gasteiger partial charge in [0.25, 0.3) is 0 Å².